The van der Waals surface area contributed by atoms with Crippen LogP contribution in [0.4, 0.5) is 0 Å². The number of nitrogens with zero attached hydrogens (tertiary/aromatic N) is 2. The summed E-state index contributed by atoms with van der Waals surface area (Å²) in [5.74, 6) is 0.392. The number of carbonyl (C=O) groups excluding carboxylic acids is 1. The first-order chi connectivity index (χ1) is 12.2. The van der Waals surface area contributed by atoms with Crippen molar-refractivity contribution in [1.82, 2.24) is 9.99 Å². The van der Waals surface area contributed by atoms with Gasteiger partial charge in [-0.15, -0.1) is 0 Å². The van der Waals surface area contributed by atoms with Gasteiger partial charge in [-0.25, -0.2) is 5.43 Å². The maximum atomic E-state index is 12.5. The second-order valence-electron chi connectivity index (χ2n) is 5.19. The minimum atomic E-state index is -0.283. The van der Waals surface area contributed by atoms with Gasteiger partial charge in [0.15, 0.2) is 0 Å². The third-order valence-electron chi connectivity index (χ3n) is 3.59. The number of hydrogen-bond donors (Lipinski definition) is 1. The van der Waals surface area contributed by atoms with Gasteiger partial charge in [0.25, 0.3) is 5.91 Å². The van der Waals surface area contributed by atoms with Crippen molar-refractivity contribution in [1.29, 1.82) is 0 Å². The van der Waals surface area contributed by atoms with Gasteiger partial charge in [-0.05, 0) is 42.5 Å². The maximum Gasteiger partial charge on any atom is 0.273 e. The van der Waals surface area contributed by atoms with E-state index in [1.807, 2.05) is 65.5 Å². The predicted molar refractivity (Wildman–Crippen MR) is 102 cm³/mol. The molecule has 1 heterocycles. The van der Waals surface area contributed by atoms with Crippen LogP contribution < -0.4 is 10.2 Å². The van der Waals surface area contributed by atoms with E-state index in [9.17, 15) is 4.79 Å². The second kappa shape index (κ2) is 7.81. The van der Waals surface area contributed by atoms with Gasteiger partial charge >= 0.3 is 0 Å². The Morgan fingerprint density at radius 3 is 2.68 bits per heavy atom. The zero-order chi connectivity index (χ0) is 17.6. The third kappa shape index (κ3) is 3.97. The Labute approximate surface area is 154 Å². The Morgan fingerprint density at radius 1 is 1.16 bits per heavy atom. The topological polar surface area (TPSA) is 55.6 Å². The molecular formula is C19H16BrN3O2. The van der Waals surface area contributed by atoms with Crippen LogP contribution in [0.15, 0.2) is 76.6 Å². The zero-order valence-electron chi connectivity index (χ0n) is 13.5. The molecule has 3 aromatic rings. The number of benzene rings is 2. The molecule has 126 valence electrons. The highest BCUT2D eigenvalue weighted by atomic mass is 79.9. The number of hydrogen-bond acceptors (Lipinski definition) is 3. The quantitative estimate of drug-likeness (QED) is 0.522. The van der Waals surface area contributed by atoms with Crippen molar-refractivity contribution in [2.45, 2.75) is 0 Å². The van der Waals surface area contributed by atoms with Gasteiger partial charge in [-0.1, -0.05) is 28.1 Å². The number of nitrogens with one attached hydrogen (secondary N) is 1. The van der Waals surface area contributed by atoms with Crippen molar-refractivity contribution in [3.05, 3.63) is 82.6 Å². The van der Waals surface area contributed by atoms with Crippen LogP contribution in [0.5, 0.6) is 5.75 Å². The zero-order valence-corrected chi connectivity index (χ0v) is 15.1. The number of carbonyl (C=O) groups is 1. The highest BCUT2D eigenvalue weighted by molar-refractivity contribution is 9.10. The summed E-state index contributed by atoms with van der Waals surface area (Å²) < 4.78 is 8.07. The minimum Gasteiger partial charge on any atom is -0.496 e. The van der Waals surface area contributed by atoms with Gasteiger partial charge in [-0.3, -0.25) is 4.79 Å². The summed E-state index contributed by atoms with van der Waals surface area (Å²) in [7, 11) is 1.59. The van der Waals surface area contributed by atoms with Crippen LogP contribution in [0, 0.1) is 0 Å². The van der Waals surface area contributed by atoms with Crippen molar-refractivity contribution < 1.29 is 9.53 Å². The first-order valence-electron chi connectivity index (χ1n) is 7.58. The first kappa shape index (κ1) is 17.0. The normalized spacial score (nSPS) is 10.8. The van der Waals surface area contributed by atoms with E-state index >= 15 is 0 Å². The summed E-state index contributed by atoms with van der Waals surface area (Å²) in [5.41, 5.74) is 4.66. The first-order valence-corrected chi connectivity index (χ1v) is 8.37. The van der Waals surface area contributed by atoms with Crippen molar-refractivity contribution in [2.24, 2.45) is 5.10 Å². The highest BCUT2D eigenvalue weighted by Crippen LogP contribution is 2.21. The number of methoxy groups -OCH3 is 1. The molecule has 1 N–H and O–H groups in total. The summed E-state index contributed by atoms with van der Waals surface area (Å²) in [4.78, 5) is 12.5. The molecular weight excluding hydrogens is 382 g/mol. The largest absolute Gasteiger partial charge is 0.496 e. The molecule has 0 saturated heterocycles. The Bertz CT molecular complexity index is 905. The van der Waals surface area contributed by atoms with E-state index in [1.54, 1.807) is 19.4 Å². The molecule has 0 aliphatic carbocycles. The molecule has 1 amide bonds. The van der Waals surface area contributed by atoms with Crippen LogP contribution in [-0.4, -0.2) is 23.8 Å². The van der Waals surface area contributed by atoms with Crippen molar-refractivity contribution in [3.8, 4) is 11.4 Å². The molecule has 0 radical (unpaired) electrons. The lowest BCUT2D eigenvalue weighted by atomic mass is 10.1. The van der Waals surface area contributed by atoms with Crippen LogP contribution in [0.1, 0.15) is 15.9 Å². The number of ether oxygens (including phenoxy) is 1. The molecule has 0 unspecified atom stereocenters. The van der Waals surface area contributed by atoms with Gasteiger partial charge in [0.2, 0.25) is 0 Å². The Hall–Kier alpha value is -2.86. The molecule has 6 heteroatoms. The summed E-state index contributed by atoms with van der Waals surface area (Å²) >= 11 is 3.41. The van der Waals surface area contributed by atoms with Crippen molar-refractivity contribution >= 4 is 28.1 Å². The molecule has 2 aromatic carbocycles. The molecule has 0 spiro atoms. The van der Waals surface area contributed by atoms with E-state index < -0.39 is 0 Å². The van der Waals surface area contributed by atoms with Gasteiger partial charge in [0.05, 0.1) is 24.6 Å². The Kier molecular flexibility index (Phi) is 5.30. The lowest BCUT2D eigenvalue weighted by Crippen LogP contribution is -2.19. The van der Waals surface area contributed by atoms with E-state index in [2.05, 4.69) is 26.5 Å². The minimum absolute atomic E-state index is 0.283. The number of hydrazone groups is 1. The van der Waals surface area contributed by atoms with Crippen LogP contribution in [0.2, 0.25) is 0 Å². The monoisotopic (exact) mass is 397 g/mol. The lowest BCUT2D eigenvalue weighted by Gasteiger charge is -2.09. The van der Waals surface area contributed by atoms with Crippen molar-refractivity contribution in [2.75, 3.05) is 7.11 Å². The molecule has 0 atom stereocenters. The lowest BCUT2D eigenvalue weighted by molar-refractivity contribution is 0.0955. The van der Waals surface area contributed by atoms with Gasteiger partial charge in [0.1, 0.15) is 5.75 Å². The van der Waals surface area contributed by atoms with E-state index in [4.69, 9.17) is 4.74 Å². The van der Waals surface area contributed by atoms with Gasteiger partial charge in [-0.2, -0.15) is 5.10 Å². The second-order valence-corrected chi connectivity index (χ2v) is 6.11. The molecule has 0 fully saturated rings. The van der Waals surface area contributed by atoms with Gasteiger partial charge < -0.3 is 9.30 Å². The fraction of sp³-hybridized carbons (Fsp3) is 0.0526. The standard InChI is InChI=1S/C19H16BrN3O2/c1-25-18-9-8-15(20)12-14(18)13-21-22-19(24)16-6-2-3-7-17(16)23-10-4-5-11-23/h2-13H,1H3,(H,22,24). The SMILES string of the molecule is COc1ccc(Br)cc1C=NNC(=O)c1ccccc1-n1cccc1. The summed E-state index contributed by atoms with van der Waals surface area (Å²) in [6.45, 7) is 0. The van der Waals surface area contributed by atoms with Crippen LogP contribution in [0.3, 0.4) is 0 Å². The number of para-hydroxylation sites is 1. The fourth-order valence-electron chi connectivity index (χ4n) is 2.41. The average molecular weight is 398 g/mol. The number of amides is 1. The molecule has 25 heavy (non-hydrogen) atoms. The highest BCUT2D eigenvalue weighted by Gasteiger charge is 2.11. The van der Waals surface area contributed by atoms with Crippen molar-refractivity contribution in [3.63, 3.8) is 0 Å². The van der Waals surface area contributed by atoms with Crippen LogP contribution in [0.25, 0.3) is 5.69 Å². The van der Waals surface area contributed by atoms with Crippen LogP contribution in [-0.2, 0) is 0 Å². The molecule has 3 rings (SSSR count). The van der Waals surface area contributed by atoms with E-state index in [1.165, 1.54) is 0 Å². The third-order valence-corrected chi connectivity index (χ3v) is 4.09. The van der Waals surface area contributed by atoms with E-state index in [0.29, 0.717) is 11.3 Å². The Balaban J connectivity index is 1.79. The summed E-state index contributed by atoms with van der Waals surface area (Å²) in [6.07, 6.45) is 5.34. The molecule has 0 bridgehead atoms. The summed E-state index contributed by atoms with van der Waals surface area (Å²) in [6, 6.07) is 16.7. The predicted octanol–water partition coefficient (Wildman–Crippen LogP) is 4.01. The van der Waals surface area contributed by atoms with E-state index in [-0.39, 0.29) is 5.91 Å². The number of rotatable bonds is 5. The number of aromatic nitrogens is 1. The van der Waals surface area contributed by atoms with Crippen LogP contribution >= 0.6 is 15.9 Å². The summed E-state index contributed by atoms with van der Waals surface area (Å²) in [5, 5.41) is 4.06. The smallest absolute Gasteiger partial charge is 0.273 e. The number of halogens is 1. The molecule has 0 aliphatic rings. The van der Waals surface area contributed by atoms with Gasteiger partial charge in [0, 0.05) is 22.4 Å². The average Bonchev–Trinajstić information content (AvgIpc) is 3.16. The maximum absolute atomic E-state index is 12.5. The van der Waals surface area contributed by atoms with E-state index in [0.717, 1.165) is 15.7 Å². The molecule has 5 nitrogen and oxygen atoms in total. The molecule has 1 aromatic heterocycles. The Morgan fingerprint density at radius 2 is 1.92 bits per heavy atom. The molecule has 0 saturated carbocycles. The fourth-order valence-corrected chi connectivity index (χ4v) is 2.79. The molecule has 0 aliphatic heterocycles.